The molecule has 0 N–H and O–H groups in total. The Morgan fingerprint density at radius 2 is 1.29 bits per heavy atom. The molecular formula is C13H34O4Si4. The average Bonchev–Trinajstić information content (AvgIpc) is 2.38. The second kappa shape index (κ2) is 10.1. The van der Waals surface area contributed by atoms with Gasteiger partial charge in [-0.2, -0.15) is 0 Å². The van der Waals surface area contributed by atoms with Crippen molar-refractivity contribution in [3.63, 3.8) is 0 Å². The molecule has 0 bridgehead atoms. The van der Waals surface area contributed by atoms with Gasteiger partial charge in [0.25, 0.3) is 0 Å². The highest BCUT2D eigenvalue weighted by Gasteiger charge is 2.31. The fraction of sp³-hybridized carbons (Fsp3) is 0.692. The number of hydrogen-bond donors (Lipinski definition) is 0. The van der Waals surface area contributed by atoms with Crippen LogP contribution < -0.4 is 0 Å². The highest BCUT2D eigenvalue weighted by Crippen LogP contribution is 2.14. The predicted molar refractivity (Wildman–Crippen MR) is 102 cm³/mol. The second-order valence-corrected chi connectivity index (χ2v) is 20.0. The van der Waals surface area contributed by atoms with Crippen LogP contribution in [0.4, 0.5) is 0 Å². The first-order valence-corrected chi connectivity index (χ1v) is 18.0. The van der Waals surface area contributed by atoms with Gasteiger partial charge in [-0.15, -0.1) is 13.2 Å². The van der Waals surface area contributed by atoms with Crippen LogP contribution in [-0.2, 0) is 17.1 Å². The molecule has 0 aromatic rings. The topological polar surface area (TPSA) is 36.9 Å². The zero-order valence-electron chi connectivity index (χ0n) is 15.3. The fourth-order valence-corrected chi connectivity index (χ4v) is 11.2. The van der Waals surface area contributed by atoms with Crippen LogP contribution in [0.25, 0.3) is 0 Å². The van der Waals surface area contributed by atoms with Gasteiger partial charge in [-0.3, -0.25) is 0 Å². The van der Waals surface area contributed by atoms with Gasteiger partial charge in [0.1, 0.15) is 0 Å². The quantitative estimate of drug-likeness (QED) is 0.614. The van der Waals surface area contributed by atoms with Gasteiger partial charge in [-0.1, -0.05) is 11.4 Å². The summed E-state index contributed by atoms with van der Waals surface area (Å²) in [5.41, 5.74) is 3.86. The van der Waals surface area contributed by atoms with Crippen LogP contribution in [0.3, 0.4) is 0 Å². The van der Waals surface area contributed by atoms with Crippen molar-refractivity contribution in [2.24, 2.45) is 0 Å². The molecule has 0 amide bonds. The minimum atomic E-state index is -1.84. The van der Waals surface area contributed by atoms with E-state index in [0.717, 1.165) is 0 Å². The first-order valence-electron chi connectivity index (χ1n) is 7.08. The summed E-state index contributed by atoms with van der Waals surface area (Å²) in [6, 6.07) is 0. The number of rotatable bonds is 8. The van der Waals surface area contributed by atoms with Gasteiger partial charge in [-0.25, -0.2) is 0 Å². The van der Waals surface area contributed by atoms with E-state index in [-0.39, 0.29) is 0 Å². The third kappa shape index (κ3) is 13.6. The Morgan fingerprint density at radius 1 is 0.857 bits per heavy atom. The lowest BCUT2D eigenvalue weighted by Gasteiger charge is -2.29. The van der Waals surface area contributed by atoms with Crippen molar-refractivity contribution in [3.8, 4) is 0 Å². The van der Waals surface area contributed by atoms with Crippen molar-refractivity contribution in [1.82, 2.24) is 0 Å². The normalized spacial score (nSPS) is 14.0. The Kier molecular flexibility index (Phi) is 11.2. The molecule has 0 aliphatic heterocycles. The minimum absolute atomic E-state index is 1.33. The molecule has 126 valence electrons. The third-order valence-corrected chi connectivity index (χ3v) is 14.2. The molecule has 0 radical (unpaired) electrons. The van der Waals surface area contributed by atoms with Crippen LogP contribution in [0.1, 0.15) is 0 Å². The van der Waals surface area contributed by atoms with E-state index in [1.807, 2.05) is 31.0 Å². The van der Waals surface area contributed by atoms with E-state index in [0.29, 0.717) is 0 Å². The molecule has 0 aliphatic rings. The molecule has 0 spiro atoms. The van der Waals surface area contributed by atoms with Crippen LogP contribution in [0.2, 0.25) is 45.8 Å². The summed E-state index contributed by atoms with van der Waals surface area (Å²) in [7, 11) is -2.96. The lowest BCUT2D eigenvalue weighted by molar-refractivity contribution is 0.313. The van der Waals surface area contributed by atoms with E-state index < -0.39 is 34.5 Å². The second-order valence-electron chi connectivity index (χ2n) is 6.24. The highest BCUT2D eigenvalue weighted by molar-refractivity contribution is 6.85. The van der Waals surface area contributed by atoms with Gasteiger partial charge in [-0.05, 0) is 45.8 Å². The maximum Gasteiger partial charge on any atom is 0.321 e. The van der Waals surface area contributed by atoms with Gasteiger partial charge < -0.3 is 17.1 Å². The van der Waals surface area contributed by atoms with Gasteiger partial charge in [0.15, 0.2) is 16.6 Å². The van der Waals surface area contributed by atoms with Crippen LogP contribution >= 0.6 is 0 Å². The van der Waals surface area contributed by atoms with Gasteiger partial charge >= 0.3 is 17.8 Å². The monoisotopic (exact) mass is 366 g/mol. The third-order valence-electron chi connectivity index (χ3n) is 2.79. The SMILES string of the molecule is C=C[Si](C)(C)O[SiH](C)OC.C=C[Si](C)(C)O[Si](C)(C)OC. The fourth-order valence-electron chi connectivity index (χ4n) is 1.24. The molecule has 0 aliphatic carbocycles. The molecular weight excluding hydrogens is 332 g/mol. The Hall–Kier alpha value is 0.188. The van der Waals surface area contributed by atoms with Gasteiger partial charge in [0, 0.05) is 14.2 Å². The summed E-state index contributed by atoms with van der Waals surface area (Å²) in [6.07, 6.45) is 0. The van der Waals surface area contributed by atoms with Crippen LogP contribution in [0, 0.1) is 0 Å². The largest absolute Gasteiger partial charge is 0.435 e. The summed E-state index contributed by atoms with van der Waals surface area (Å²) in [6.45, 7) is 22.1. The standard InChI is InChI=1S/C7H18O2Si2.C6H16O2Si2/c1-7-10(3,4)9-11(5,6)8-2;1-6-10(4,5)8-9(3)7-2/h7H,1H2,2-6H3;6,9H,1H2,2-5H3. The molecule has 4 nitrogen and oxygen atoms in total. The van der Waals surface area contributed by atoms with Crippen molar-refractivity contribution in [2.75, 3.05) is 14.2 Å². The molecule has 0 heterocycles. The number of hydrogen-bond acceptors (Lipinski definition) is 4. The van der Waals surface area contributed by atoms with Gasteiger partial charge in [0.2, 0.25) is 0 Å². The van der Waals surface area contributed by atoms with E-state index >= 15 is 0 Å². The lowest BCUT2D eigenvalue weighted by atomic mass is 11.3. The molecule has 1 unspecified atom stereocenters. The predicted octanol–water partition coefficient (Wildman–Crippen LogP) is 3.71. The zero-order chi connectivity index (χ0) is 17.3. The van der Waals surface area contributed by atoms with Crippen LogP contribution in [0.5, 0.6) is 0 Å². The first-order chi connectivity index (χ1) is 9.34. The Bertz CT molecular complexity index is 319. The van der Waals surface area contributed by atoms with Crippen LogP contribution in [-0.4, -0.2) is 48.7 Å². The summed E-state index contributed by atoms with van der Waals surface area (Å²) < 4.78 is 21.9. The van der Waals surface area contributed by atoms with Crippen molar-refractivity contribution in [1.29, 1.82) is 0 Å². The van der Waals surface area contributed by atoms with Crippen molar-refractivity contribution in [2.45, 2.75) is 45.8 Å². The Labute approximate surface area is 136 Å². The van der Waals surface area contributed by atoms with E-state index in [9.17, 15) is 0 Å². The Balaban J connectivity index is 0. The van der Waals surface area contributed by atoms with Crippen molar-refractivity contribution < 1.29 is 17.1 Å². The van der Waals surface area contributed by atoms with E-state index in [4.69, 9.17) is 17.1 Å². The lowest BCUT2D eigenvalue weighted by Crippen LogP contribution is -2.44. The average molecular weight is 367 g/mol. The summed E-state index contributed by atoms with van der Waals surface area (Å²) in [5, 5.41) is 0. The van der Waals surface area contributed by atoms with Crippen molar-refractivity contribution in [3.05, 3.63) is 24.6 Å². The molecule has 0 rings (SSSR count). The van der Waals surface area contributed by atoms with Crippen LogP contribution in [0.15, 0.2) is 24.6 Å². The Morgan fingerprint density at radius 3 is 1.57 bits per heavy atom. The molecule has 8 heteroatoms. The highest BCUT2D eigenvalue weighted by atomic mass is 28.4. The molecule has 0 aromatic heterocycles. The molecule has 0 saturated carbocycles. The van der Waals surface area contributed by atoms with E-state index in [1.54, 1.807) is 14.2 Å². The smallest absolute Gasteiger partial charge is 0.321 e. The maximum atomic E-state index is 5.86. The molecule has 0 fully saturated rings. The molecule has 0 saturated heterocycles. The summed E-state index contributed by atoms with van der Waals surface area (Å²) in [4.78, 5) is 0. The molecule has 1 atom stereocenters. The summed E-state index contributed by atoms with van der Waals surface area (Å²) in [5.74, 6) is 0. The van der Waals surface area contributed by atoms with E-state index in [1.165, 1.54) is 0 Å². The maximum absolute atomic E-state index is 5.86. The first kappa shape index (κ1) is 23.5. The minimum Gasteiger partial charge on any atom is -0.435 e. The molecule has 21 heavy (non-hydrogen) atoms. The van der Waals surface area contributed by atoms with E-state index in [2.05, 4.69) is 39.3 Å². The zero-order valence-corrected chi connectivity index (χ0v) is 19.4. The summed E-state index contributed by atoms with van der Waals surface area (Å²) >= 11 is 0. The molecule has 0 aromatic carbocycles. The van der Waals surface area contributed by atoms with Gasteiger partial charge in [0.05, 0.1) is 0 Å². The van der Waals surface area contributed by atoms with Crippen molar-refractivity contribution >= 4 is 34.5 Å².